The van der Waals surface area contributed by atoms with Crippen LogP contribution in [0, 0.1) is 0 Å². The van der Waals surface area contributed by atoms with Gasteiger partial charge in [-0.1, -0.05) is 29.3 Å². The van der Waals surface area contributed by atoms with E-state index in [1.807, 2.05) is 0 Å². The Morgan fingerprint density at radius 2 is 2.19 bits per heavy atom. The normalized spacial score (nSPS) is 11.8. The molecule has 0 atom stereocenters. The molecule has 0 aliphatic carbocycles. The molecule has 0 aliphatic rings. The van der Waals surface area contributed by atoms with Crippen molar-refractivity contribution in [2.75, 3.05) is 13.6 Å². The summed E-state index contributed by atoms with van der Waals surface area (Å²) in [6, 6.07) is 1.27. The van der Waals surface area contributed by atoms with Crippen LogP contribution < -0.4 is 0 Å². The Morgan fingerprint density at radius 1 is 1.56 bits per heavy atom. The fourth-order valence-corrected chi connectivity index (χ4v) is 2.45. The van der Waals surface area contributed by atoms with E-state index in [1.54, 1.807) is 0 Å². The zero-order valence-electron chi connectivity index (χ0n) is 8.52. The molecule has 0 bridgehead atoms. The van der Waals surface area contributed by atoms with Gasteiger partial charge in [0, 0.05) is 19.8 Å². The van der Waals surface area contributed by atoms with Crippen molar-refractivity contribution >= 4 is 33.2 Å². The van der Waals surface area contributed by atoms with E-state index < -0.39 is 10.0 Å². The summed E-state index contributed by atoms with van der Waals surface area (Å²) in [4.78, 5) is 3.70. The molecule has 1 heterocycles. The third-order valence-corrected chi connectivity index (χ3v) is 4.34. The van der Waals surface area contributed by atoms with Crippen molar-refractivity contribution in [1.82, 2.24) is 9.29 Å². The van der Waals surface area contributed by atoms with E-state index in [0.29, 0.717) is 0 Å². The first-order valence-corrected chi connectivity index (χ1v) is 6.47. The number of halogens is 2. The quantitative estimate of drug-likeness (QED) is 0.628. The second-order valence-corrected chi connectivity index (χ2v) is 5.83. The molecule has 0 saturated heterocycles. The molecule has 0 radical (unpaired) electrons. The first-order chi connectivity index (χ1) is 7.39. The predicted molar refractivity (Wildman–Crippen MR) is 64.3 cm³/mol. The van der Waals surface area contributed by atoms with Gasteiger partial charge >= 0.3 is 0 Å². The molecule has 0 aliphatic heterocycles. The summed E-state index contributed by atoms with van der Waals surface area (Å²) in [5, 5.41) is 0.182. The molecule has 0 amide bonds. The number of rotatable bonds is 4. The highest BCUT2D eigenvalue weighted by Crippen LogP contribution is 2.23. The minimum absolute atomic E-state index is 0.00579. The maximum atomic E-state index is 11.9. The fraction of sp³-hybridized carbons (Fsp3) is 0.222. The van der Waals surface area contributed by atoms with Gasteiger partial charge in [-0.2, -0.15) is 4.31 Å². The molecule has 16 heavy (non-hydrogen) atoms. The Labute approximate surface area is 105 Å². The lowest BCUT2D eigenvalue weighted by atomic mass is 10.5. The topological polar surface area (TPSA) is 50.3 Å². The molecule has 1 aromatic rings. The van der Waals surface area contributed by atoms with E-state index in [0.717, 1.165) is 4.31 Å². The van der Waals surface area contributed by atoms with Gasteiger partial charge in [-0.25, -0.2) is 13.4 Å². The number of likely N-dealkylation sites (N-methyl/N-ethyl adjacent to an activating group) is 1. The molecule has 0 N–H and O–H groups in total. The van der Waals surface area contributed by atoms with Crippen LogP contribution in [0.25, 0.3) is 0 Å². The van der Waals surface area contributed by atoms with Gasteiger partial charge < -0.3 is 0 Å². The zero-order valence-corrected chi connectivity index (χ0v) is 10.8. The number of sulfonamides is 1. The van der Waals surface area contributed by atoms with Crippen LogP contribution >= 0.6 is 23.2 Å². The van der Waals surface area contributed by atoms with Crippen molar-refractivity contribution in [2.45, 2.75) is 4.90 Å². The van der Waals surface area contributed by atoms with Crippen LogP contribution in [-0.2, 0) is 10.0 Å². The lowest BCUT2D eigenvalue weighted by molar-refractivity contribution is 0.499. The molecule has 0 saturated carbocycles. The highest BCUT2D eigenvalue weighted by atomic mass is 35.5. The summed E-state index contributed by atoms with van der Waals surface area (Å²) >= 11 is 11.3. The van der Waals surface area contributed by atoms with Gasteiger partial charge in [0.25, 0.3) is 0 Å². The van der Waals surface area contributed by atoms with Crippen molar-refractivity contribution in [1.29, 1.82) is 0 Å². The first kappa shape index (κ1) is 13.4. The number of hydrogen-bond donors (Lipinski definition) is 0. The van der Waals surface area contributed by atoms with Crippen LogP contribution in [-0.4, -0.2) is 31.3 Å². The summed E-state index contributed by atoms with van der Waals surface area (Å²) in [5.41, 5.74) is 0. The largest absolute Gasteiger partial charge is 0.244 e. The van der Waals surface area contributed by atoms with E-state index in [-0.39, 0.29) is 21.6 Å². The highest BCUT2D eigenvalue weighted by molar-refractivity contribution is 7.89. The van der Waals surface area contributed by atoms with Crippen molar-refractivity contribution in [3.63, 3.8) is 0 Å². The Bertz CT molecular complexity index is 502. The maximum absolute atomic E-state index is 11.9. The monoisotopic (exact) mass is 280 g/mol. The summed E-state index contributed by atoms with van der Waals surface area (Å²) in [6.07, 6.45) is 2.66. The van der Waals surface area contributed by atoms with Gasteiger partial charge in [0.1, 0.15) is 10.0 Å². The van der Waals surface area contributed by atoms with Crippen LogP contribution in [0.4, 0.5) is 0 Å². The molecule has 0 unspecified atom stereocenters. The number of nitrogens with zero attached hydrogens (tertiary/aromatic N) is 2. The van der Waals surface area contributed by atoms with E-state index in [1.165, 1.54) is 25.4 Å². The van der Waals surface area contributed by atoms with Gasteiger partial charge in [-0.15, -0.1) is 6.58 Å². The molecule has 4 nitrogen and oxygen atoms in total. The molecular formula is C9H10Cl2N2O2S. The zero-order chi connectivity index (χ0) is 12.3. The van der Waals surface area contributed by atoms with Crippen LogP contribution in [0.1, 0.15) is 0 Å². The van der Waals surface area contributed by atoms with Crippen LogP contribution in [0.2, 0.25) is 10.2 Å². The van der Waals surface area contributed by atoms with E-state index in [2.05, 4.69) is 11.6 Å². The van der Waals surface area contributed by atoms with Gasteiger partial charge in [-0.3, -0.25) is 0 Å². The summed E-state index contributed by atoms with van der Waals surface area (Å²) < 4.78 is 25.0. The van der Waals surface area contributed by atoms with Crippen molar-refractivity contribution < 1.29 is 8.42 Å². The number of hydrogen-bond acceptors (Lipinski definition) is 3. The lowest BCUT2D eigenvalue weighted by Gasteiger charge is -2.14. The molecule has 1 aromatic heterocycles. The van der Waals surface area contributed by atoms with Gasteiger partial charge in [-0.05, 0) is 6.07 Å². The third kappa shape index (κ3) is 2.74. The first-order valence-electron chi connectivity index (χ1n) is 4.28. The second-order valence-electron chi connectivity index (χ2n) is 3.02. The molecule has 88 valence electrons. The maximum Gasteiger partial charge on any atom is 0.244 e. The standard InChI is InChI=1S/C9H10Cl2N2O2S/c1-3-4-13(2)16(14,15)7-5-8(10)9(11)12-6-7/h3,5-6H,1,4H2,2H3. The van der Waals surface area contributed by atoms with Crippen molar-refractivity contribution in [3.05, 3.63) is 35.1 Å². The smallest absolute Gasteiger partial charge is 0.242 e. The second kappa shape index (κ2) is 5.14. The van der Waals surface area contributed by atoms with Gasteiger partial charge in [0.2, 0.25) is 10.0 Å². The van der Waals surface area contributed by atoms with Gasteiger partial charge in [0.15, 0.2) is 0 Å². The Hall–Kier alpha value is -0.620. The summed E-state index contributed by atoms with van der Waals surface area (Å²) in [5.74, 6) is 0. The predicted octanol–water partition coefficient (Wildman–Crippen LogP) is 2.19. The van der Waals surface area contributed by atoms with Crippen LogP contribution in [0.5, 0.6) is 0 Å². The van der Waals surface area contributed by atoms with Crippen molar-refractivity contribution in [2.24, 2.45) is 0 Å². The SMILES string of the molecule is C=CCN(C)S(=O)(=O)c1cnc(Cl)c(Cl)c1. The van der Waals surface area contributed by atoms with Gasteiger partial charge in [0.05, 0.1) is 5.02 Å². The molecule has 0 spiro atoms. The third-order valence-electron chi connectivity index (χ3n) is 1.87. The van der Waals surface area contributed by atoms with Crippen molar-refractivity contribution in [3.8, 4) is 0 Å². The molecule has 0 aromatic carbocycles. The van der Waals surface area contributed by atoms with E-state index in [4.69, 9.17) is 23.2 Å². The van der Waals surface area contributed by atoms with E-state index in [9.17, 15) is 8.42 Å². The number of pyridine rings is 1. The molecular weight excluding hydrogens is 271 g/mol. The Kier molecular flexibility index (Phi) is 4.32. The minimum Gasteiger partial charge on any atom is -0.242 e. The highest BCUT2D eigenvalue weighted by Gasteiger charge is 2.20. The number of aromatic nitrogens is 1. The average Bonchev–Trinajstić information content (AvgIpc) is 2.22. The van der Waals surface area contributed by atoms with Crippen LogP contribution in [0.15, 0.2) is 29.8 Å². The Morgan fingerprint density at radius 3 is 2.69 bits per heavy atom. The summed E-state index contributed by atoms with van der Waals surface area (Å²) in [6.45, 7) is 3.68. The molecule has 7 heteroatoms. The van der Waals surface area contributed by atoms with E-state index >= 15 is 0 Å². The van der Waals surface area contributed by atoms with Crippen LogP contribution in [0.3, 0.4) is 0 Å². The average molecular weight is 281 g/mol. The summed E-state index contributed by atoms with van der Waals surface area (Å²) in [7, 11) is -2.14. The Balaban J connectivity index is 3.17. The molecule has 0 fully saturated rings. The minimum atomic E-state index is -3.58. The lowest BCUT2D eigenvalue weighted by Crippen LogP contribution is -2.27. The fourth-order valence-electron chi connectivity index (χ4n) is 1.00. The molecule has 1 rings (SSSR count).